The normalized spacial score (nSPS) is 12.9. The summed E-state index contributed by atoms with van der Waals surface area (Å²) in [7, 11) is -3.55. The van der Waals surface area contributed by atoms with Crippen molar-refractivity contribution in [3.05, 3.63) is 60.1 Å². The van der Waals surface area contributed by atoms with Gasteiger partial charge in [0.25, 0.3) is 0 Å². The van der Waals surface area contributed by atoms with E-state index in [0.717, 1.165) is 5.56 Å². The second-order valence-corrected chi connectivity index (χ2v) is 8.88. The van der Waals surface area contributed by atoms with Crippen molar-refractivity contribution in [3.8, 4) is 0 Å². The first-order valence-corrected chi connectivity index (χ1v) is 10.8. The number of aryl methyl sites for hydroxylation is 1. The Labute approximate surface area is 161 Å². The molecule has 0 saturated heterocycles. The molecule has 0 unspecified atom stereocenters. The van der Waals surface area contributed by atoms with E-state index >= 15 is 0 Å². The Morgan fingerprint density at radius 2 is 1.85 bits per heavy atom. The molecule has 6 nitrogen and oxygen atoms in total. The van der Waals surface area contributed by atoms with E-state index < -0.39 is 16.1 Å². The molecular weight excluding hydrogens is 364 g/mol. The van der Waals surface area contributed by atoms with E-state index in [9.17, 15) is 13.2 Å². The first kappa shape index (κ1) is 21.2. The van der Waals surface area contributed by atoms with Crippen LogP contribution in [0, 0.1) is 5.92 Å². The molecule has 0 spiro atoms. The van der Waals surface area contributed by atoms with Crippen LogP contribution in [-0.2, 0) is 27.8 Å². The summed E-state index contributed by atoms with van der Waals surface area (Å²) < 4.78 is 32.6. The highest BCUT2D eigenvalue weighted by molar-refractivity contribution is 7.89. The molecule has 1 atom stereocenters. The smallest absolute Gasteiger partial charge is 0.238 e. The Hall–Kier alpha value is -2.12. The molecule has 1 amide bonds. The maximum Gasteiger partial charge on any atom is 0.238 e. The molecule has 0 radical (unpaired) electrons. The maximum atomic E-state index is 12.5. The van der Waals surface area contributed by atoms with Crippen LogP contribution in [0.3, 0.4) is 0 Å². The van der Waals surface area contributed by atoms with Gasteiger partial charge in [-0.05, 0) is 42.9 Å². The van der Waals surface area contributed by atoms with Crippen molar-refractivity contribution in [2.75, 3.05) is 5.75 Å². The van der Waals surface area contributed by atoms with Crippen LogP contribution in [0.4, 0.5) is 0 Å². The van der Waals surface area contributed by atoms with Crippen LogP contribution in [0.15, 0.2) is 53.1 Å². The van der Waals surface area contributed by atoms with Gasteiger partial charge in [-0.2, -0.15) is 0 Å². The number of hydrogen-bond acceptors (Lipinski definition) is 4. The number of hydrogen-bond donors (Lipinski definition) is 2. The average Bonchev–Trinajstić information content (AvgIpc) is 3.13. The summed E-state index contributed by atoms with van der Waals surface area (Å²) >= 11 is 0. The minimum Gasteiger partial charge on any atom is -0.467 e. The number of carbonyl (C=O) groups excluding carboxylic acids is 1. The Balaban J connectivity index is 1.89. The highest BCUT2D eigenvalue weighted by Crippen LogP contribution is 2.09. The number of furan rings is 1. The van der Waals surface area contributed by atoms with Crippen LogP contribution in [0.2, 0.25) is 0 Å². The van der Waals surface area contributed by atoms with Crippen molar-refractivity contribution >= 4 is 15.9 Å². The molecule has 1 aromatic heterocycles. The van der Waals surface area contributed by atoms with E-state index in [0.29, 0.717) is 25.0 Å². The molecule has 2 aromatic rings. The Bertz CT molecular complexity index is 787. The van der Waals surface area contributed by atoms with Gasteiger partial charge in [-0.3, -0.25) is 4.79 Å². The summed E-state index contributed by atoms with van der Waals surface area (Å²) in [5.41, 5.74) is 1.10. The summed E-state index contributed by atoms with van der Waals surface area (Å²) in [5.74, 6) is 0.447. The van der Waals surface area contributed by atoms with Crippen molar-refractivity contribution in [2.24, 2.45) is 5.92 Å². The summed E-state index contributed by atoms with van der Waals surface area (Å²) in [4.78, 5) is 12.5. The van der Waals surface area contributed by atoms with Crippen LogP contribution in [0.1, 0.15) is 38.0 Å². The van der Waals surface area contributed by atoms with Gasteiger partial charge in [-0.15, -0.1) is 0 Å². The quantitative estimate of drug-likeness (QED) is 0.615. The molecule has 27 heavy (non-hydrogen) atoms. The van der Waals surface area contributed by atoms with E-state index in [1.807, 2.05) is 44.2 Å². The van der Waals surface area contributed by atoms with Crippen molar-refractivity contribution in [1.82, 2.24) is 10.0 Å². The molecule has 7 heteroatoms. The lowest BCUT2D eigenvalue weighted by molar-refractivity contribution is -0.123. The van der Waals surface area contributed by atoms with Crippen LogP contribution >= 0.6 is 0 Å². The zero-order valence-corrected chi connectivity index (χ0v) is 16.7. The molecule has 2 N–H and O–H groups in total. The Morgan fingerprint density at radius 1 is 1.11 bits per heavy atom. The van der Waals surface area contributed by atoms with Crippen LogP contribution in [0.25, 0.3) is 0 Å². The Kier molecular flexibility index (Phi) is 8.06. The van der Waals surface area contributed by atoms with Gasteiger partial charge < -0.3 is 9.73 Å². The molecule has 0 fully saturated rings. The number of amides is 1. The molecule has 0 bridgehead atoms. The second-order valence-electron chi connectivity index (χ2n) is 7.01. The number of benzene rings is 1. The van der Waals surface area contributed by atoms with Gasteiger partial charge in [0.2, 0.25) is 15.9 Å². The minimum atomic E-state index is -3.55. The summed E-state index contributed by atoms with van der Waals surface area (Å²) in [5, 5.41) is 2.74. The van der Waals surface area contributed by atoms with Crippen LogP contribution in [0.5, 0.6) is 0 Å². The zero-order valence-electron chi connectivity index (χ0n) is 15.9. The van der Waals surface area contributed by atoms with Gasteiger partial charge in [-0.1, -0.05) is 44.2 Å². The highest BCUT2D eigenvalue weighted by atomic mass is 32.2. The molecule has 0 aliphatic carbocycles. The molecular formula is C20H28N2O4S. The molecule has 148 valence electrons. The number of sulfonamides is 1. The predicted molar refractivity (Wildman–Crippen MR) is 105 cm³/mol. The van der Waals surface area contributed by atoms with E-state index in [1.165, 1.54) is 6.26 Å². The van der Waals surface area contributed by atoms with E-state index in [1.54, 1.807) is 12.1 Å². The van der Waals surface area contributed by atoms with Crippen molar-refractivity contribution in [2.45, 2.75) is 45.7 Å². The number of rotatable bonds is 11. The third-order valence-corrected chi connectivity index (χ3v) is 5.55. The molecule has 2 rings (SSSR count). The maximum absolute atomic E-state index is 12.5. The highest BCUT2D eigenvalue weighted by Gasteiger charge is 2.25. The van der Waals surface area contributed by atoms with Crippen LogP contribution in [-0.4, -0.2) is 26.1 Å². The lowest BCUT2D eigenvalue weighted by Gasteiger charge is -2.20. The Morgan fingerprint density at radius 3 is 2.48 bits per heavy atom. The molecule has 0 aliphatic heterocycles. The largest absolute Gasteiger partial charge is 0.467 e. The predicted octanol–water partition coefficient (Wildman–Crippen LogP) is 2.86. The fourth-order valence-electron chi connectivity index (χ4n) is 2.78. The SMILES string of the molecule is CC(C)C[C@H](NS(=O)(=O)CCCc1ccccc1)C(=O)NCc1ccco1. The topological polar surface area (TPSA) is 88.4 Å². The van der Waals surface area contributed by atoms with Crippen molar-refractivity contribution < 1.29 is 17.6 Å². The standard InChI is InChI=1S/C20H28N2O4S/c1-16(2)14-19(20(23)21-15-18-11-6-12-26-18)22-27(24,25)13-7-10-17-8-4-3-5-9-17/h3-6,8-9,11-12,16,19,22H,7,10,13-15H2,1-2H3,(H,21,23)/t19-/m0/s1. The second kappa shape index (κ2) is 10.3. The average molecular weight is 393 g/mol. The zero-order chi connectivity index (χ0) is 19.7. The van der Waals surface area contributed by atoms with Gasteiger partial charge >= 0.3 is 0 Å². The van der Waals surface area contributed by atoms with Gasteiger partial charge in [0.1, 0.15) is 11.8 Å². The fourth-order valence-corrected chi connectivity index (χ4v) is 4.06. The van der Waals surface area contributed by atoms with Gasteiger partial charge in [-0.25, -0.2) is 13.1 Å². The fraction of sp³-hybridized carbons (Fsp3) is 0.450. The van der Waals surface area contributed by atoms with Crippen molar-refractivity contribution in [1.29, 1.82) is 0 Å². The third kappa shape index (κ3) is 7.97. The molecule has 1 heterocycles. The first-order valence-electron chi connectivity index (χ1n) is 9.20. The first-order chi connectivity index (χ1) is 12.9. The van der Waals surface area contributed by atoms with E-state index in [2.05, 4.69) is 10.0 Å². The summed E-state index contributed by atoms with van der Waals surface area (Å²) in [6, 6.07) is 12.5. The van der Waals surface area contributed by atoms with Crippen molar-refractivity contribution in [3.63, 3.8) is 0 Å². The van der Waals surface area contributed by atoms with E-state index in [-0.39, 0.29) is 24.1 Å². The van der Waals surface area contributed by atoms with E-state index in [4.69, 9.17) is 4.42 Å². The molecule has 0 saturated carbocycles. The molecule has 1 aromatic carbocycles. The molecule has 0 aliphatic rings. The number of nitrogens with one attached hydrogen (secondary N) is 2. The minimum absolute atomic E-state index is 0.0120. The lowest BCUT2D eigenvalue weighted by atomic mass is 10.0. The monoisotopic (exact) mass is 392 g/mol. The third-order valence-electron chi connectivity index (χ3n) is 4.08. The summed E-state index contributed by atoms with van der Waals surface area (Å²) in [6.45, 7) is 4.14. The van der Waals surface area contributed by atoms with Gasteiger partial charge in [0.15, 0.2) is 0 Å². The van der Waals surface area contributed by atoms with Crippen LogP contribution < -0.4 is 10.0 Å². The van der Waals surface area contributed by atoms with Gasteiger partial charge in [0, 0.05) is 0 Å². The number of carbonyl (C=O) groups is 1. The summed E-state index contributed by atoms with van der Waals surface area (Å²) in [6.07, 6.45) is 3.15. The lowest BCUT2D eigenvalue weighted by Crippen LogP contribution is -2.47. The van der Waals surface area contributed by atoms with Gasteiger partial charge in [0.05, 0.1) is 18.6 Å².